The fraction of sp³-hybridized carbons (Fsp3) is 0.158. The first-order valence-electron chi connectivity index (χ1n) is 7.81. The molecule has 0 unspecified atom stereocenters. The van der Waals surface area contributed by atoms with E-state index < -0.39 is 0 Å². The van der Waals surface area contributed by atoms with Gasteiger partial charge in [-0.1, -0.05) is 53.5 Å². The fourth-order valence-corrected chi connectivity index (χ4v) is 2.91. The van der Waals surface area contributed by atoms with Gasteiger partial charge >= 0.3 is 0 Å². The number of hydrogen-bond donors (Lipinski definition) is 1. The van der Waals surface area contributed by atoms with Gasteiger partial charge in [0.05, 0.1) is 5.02 Å². The number of nitrogens with one attached hydrogen (secondary N) is 1. The highest BCUT2D eigenvalue weighted by molar-refractivity contribution is 6.41. The number of benzene rings is 1. The fourth-order valence-electron chi connectivity index (χ4n) is 2.59. The minimum Gasteiger partial charge on any atom is -0.340 e. The summed E-state index contributed by atoms with van der Waals surface area (Å²) >= 11 is 11.9. The molecular formula is C19H17Cl2N3O. The summed E-state index contributed by atoms with van der Waals surface area (Å²) in [5.41, 5.74) is 3.54. The standard InChI is InChI=1S/C19H17Cl2N3O/c1-13-5-2-3-7-15(13)12-24(11-14-6-4-8-22-10-14)19(25)17-9-16(20)18(21)23-17/h2-10,23H,11-12H2,1H3. The maximum Gasteiger partial charge on any atom is 0.270 e. The predicted octanol–water partition coefficient (Wildman–Crippen LogP) is 4.87. The van der Waals surface area contributed by atoms with Crippen molar-refractivity contribution in [1.29, 1.82) is 0 Å². The lowest BCUT2D eigenvalue weighted by Crippen LogP contribution is -2.30. The zero-order valence-electron chi connectivity index (χ0n) is 13.7. The van der Waals surface area contributed by atoms with Crippen LogP contribution in [0.1, 0.15) is 27.2 Å². The molecule has 0 aliphatic carbocycles. The quantitative estimate of drug-likeness (QED) is 0.693. The van der Waals surface area contributed by atoms with Crippen molar-refractivity contribution in [2.75, 3.05) is 0 Å². The van der Waals surface area contributed by atoms with Gasteiger partial charge in [0.1, 0.15) is 10.8 Å². The summed E-state index contributed by atoms with van der Waals surface area (Å²) in [7, 11) is 0. The van der Waals surface area contributed by atoms with Crippen LogP contribution in [0.5, 0.6) is 0 Å². The molecule has 0 radical (unpaired) electrons. The molecule has 3 rings (SSSR count). The van der Waals surface area contributed by atoms with Crippen molar-refractivity contribution < 1.29 is 4.79 Å². The van der Waals surface area contributed by atoms with E-state index in [1.165, 1.54) is 0 Å². The molecule has 0 aliphatic rings. The van der Waals surface area contributed by atoms with Crippen LogP contribution in [-0.4, -0.2) is 20.8 Å². The second-order valence-corrected chi connectivity index (χ2v) is 6.58. The zero-order valence-corrected chi connectivity index (χ0v) is 15.2. The first-order chi connectivity index (χ1) is 12.0. The lowest BCUT2D eigenvalue weighted by atomic mass is 10.1. The molecule has 0 saturated heterocycles. The average Bonchev–Trinajstić information content (AvgIpc) is 2.95. The van der Waals surface area contributed by atoms with Gasteiger partial charge in [-0.25, -0.2) is 0 Å². The molecule has 0 fully saturated rings. The summed E-state index contributed by atoms with van der Waals surface area (Å²) in [6, 6.07) is 13.4. The Kier molecular flexibility index (Phi) is 5.41. The second kappa shape index (κ2) is 7.72. The molecule has 0 saturated carbocycles. The third kappa shape index (κ3) is 4.21. The number of hydrogen-bond acceptors (Lipinski definition) is 2. The van der Waals surface area contributed by atoms with E-state index in [1.54, 1.807) is 23.4 Å². The van der Waals surface area contributed by atoms with Crippen LogP contribution in [0, 0.1) is 6.92 Å². The molecular weight excluding hydrogens is 357 g/mol. The normalized spacial score (nSPS) is 10.7. The van der Waals surface area contributed by atoms with Gasteiger partial charge in [0.2, 0.25) is 0 Å². The first kappa shape index (κ1) is 17.5. The summed E-state index contributed by atoms with van der Waals surface area (Å²) in [4.78, 5) is 21.7. The maximum atomic E-state index is 13.0. The third-order valence-corrected chi connectivity index (χ3v) is 4.65. The monoisotopic (exact) mass is 373 g/mol. The number of aromatic nitrogens is 2. The number of pyridine rings is 1. The summed E-state index contributed by atoms with van der Waals surface area (Å²) in [5.74, 6) is -0.166. The van der Waals surface area contributed by atoms with Crippen molar-refractivity contribution >= 4 is 29.1 Å². The lowest BCUT2D eigenvalue weighted by molar-refractivity contribution is 0.0724. The number of carbonyl (C=O) groups excluding carboxylic acids is 1. The molecule has 0 spiro atoms. The molecule has 4 nitrogen and oxygen atoms in total. The highest BCUT2D eigenvalue weighted by Gasteiger charge is 2.20. The van der Waals surface area contributed by atoms with E-state index in [2.05, 4.69) is 9.97 Å². The molecule has 1 N–H and O–H groups in total. The Morgan fingerprint density at radius 3 is 2.60 bits per heavy atom. The van der Waals surface area contributed by atoms with E-state index in [0.29, 0.717) is 23.8 Å². The van der Waals surface area contributed by atoms with Crippen molar-refractivity contribution in [3.8, 4) is 0 Å². The number of H-pyrrole nitrogens is 1. The van der Waals surface area contributed by atoms with E-state index in [-0.39, 0.29) is 11.1 Å². The molecule has 1 aromatic carbocycles. The molecule has 1 amide bonds. The van der Waals surface area contributed by atoms with Gasteiger partial charge in [0.15, 0.2) is 0 Å². The summed E-state index contributed by atoms with van der Waals surface area (Å²) < 4.78 is 0. The number of rotatable bonds is 5. The van der Waals surface area contributed by atoms with Crippen molar-refractivity contribution in [3.63, 3.8) is 0 Å². The average molecular weight is 374 g/mol. The van der Waals surface area contributed by atoms with Gasteiger partial charge in [-0.05, 0) is 35.7 Å². The largest absolute Gasteiger partial charge is 0.340 e. The number of aromatic amines is 1. The van der Waals surface area contributed by atoms with Gasteiger partial charge in [-0.2, -0.15) is 0 Å². The molecule has 0 aliphatic heterocycles. The molecule has 0 bridgehead atoms. The second-order valence-electron chi connectivity index (χ2n) is 5.79. The van der Waals surface area contributed by atoms with Gasteiger partial charge in [-0.3, -0.25) is 9.78 Å². The molecule has 3 aromatic rings. The third-order valence-electron chi connectivity index (χ3n) is 3.96. The Morgan fingerprint density at radius 2 is 1.96 bits per heavy atom. The van der Waals surface area contributed by atoms with Crippen LogP contribution < -0.4 is 0 Å². The highest BCUT2D eigenvalue weighted by Crippen LogP contribution is 2.24. The van der Waals surface area contributed by atoms with E-state index in [0.717, 1.165) is 16.7 Å². The smallest absolute Gasteiger partial charge is 0.270 e. The van der Waals surface area contributed by atoms with Crippen molar-refractivity contribution in [2.24, 2.45) is 0 Å². The molecule has 128 valence electrons. The van der Waals surface area contributed by atoms with Crippen LogP contribution in [0.4, 0.5) is 0 Å². The minimum absolute atomic E-state index is 0.166. The zero-order chi connectivity index (χ0) is 17.8. The Bertz CT molecular complexity index is 858. The number of halogens is 2. The molecule has 6 heteroatoms. The van der Waals surface area contributed by atoms with E-state index in [9.17, 15) is 4.79 Å². The number of nitrogens with zero attached hydrogens (tertiary/aromatic N) is 2. The molecule has 25 heavy (non-hydrogen) atoms. The number of aryl methyl sites for hydroxylation is 1. The van der Waals surface area contributed by atoms with E-state index >= 15 is 0 Å². The molecule has 0 atom stereocenters. The van der Waals surface area contributed by atoms with Crippen molar-refractivity contribution in [1.82, 2.24) is 14.9 Å². The van der Waals surface area contributed by atoms with Crippen LogP contribution in [0.25, 0.3) is 0 Å². The van der Waals surface area contributed by atoms with Crippen LogP contribution >= 0.6 is 23.2 Å². The molecule has 2 aromatic heterocycles. The van der Waals surface area contributed by atoms with Crippen LogP contribution in [0.15, 0.2) is 54.9 Å². The number of carbonyl (C=O) groups is 1. The van der Waals surface area contributed by atoms with Crippen molar-refractivity contribution in [3.05, 3.63) is 87.4 Å². The highest BCUT2D eigenvalue weighted by atomic mass is 35.5. The van der Waals surface area contributed by atoms with Crippen LogP contribution in [-0.2, 0) is 13.1 Å². The summed E-state index contributed by atoms with van der Waals surface area (Å²) in [5, 5.41) is 0.601. The van der Waals surface area contributed by atoms with Gasteiger partial charge in [-0.15, -0.1) is 0 Å². The Morgan fingerprint density at radius 1 is 1.16 bits per heavy atom. The van der Waals surface area contributed by atoms with Crippen molar-refractivity contribution in [2.45, 2.75) is 20.0 Å². The van der Waals surface area contributed by atoms with Crippen LogP contribution in [0.3, 0.4) is 0 Å². The lowest BCUT2D eigenvalue weighted by Gasteiger charge is -2.23. The Balaban J connectivity index is 1.90. The Hall–Kier alpha value is -2.30. The van der Waals surface area contributed by atoms with Gasteiger partial charge in [0.25, 0.3) is 5.91 Å². The SMILES string of the molecule is Cc1ccccc1CN(Cc1cccnc1)C(=O)c1cc(Cl)c(Cl)[nH]1. The van der Waals surface area contributed by atoms with Gasteiger partial charge < -0.3 is 9.88 Å². The Labute approximate surface area is 156 Å². The summed E-state index contributed by atoms with van der Waals surface area (Å²) in [6.07, 6.45) is 3.47. The van der Waals surface area contributed by atoms with Crippen LogP contribution in [0.2, 0.25) is 10.2 Å². The number of amides is 1. The molecule has 2 heterocycles. The van der Waals surface area contributed by atoms with E-state index in [1.807, 2.05) is 43.3 Å². The van der Waals surface area contributed by atoms with Gasteiger partial charge in [0, 0.05) is 25.5 Å². The van der Waals surface area contributed by atoms with E-state index in [4.69, 9.17) is 23.2 Å². The first-order valence-corrected chi connectivity index (χ1v) is 8.57. The topological polar surface area (TPSA) is 49.0 Å². The maximum absolute atomic E-state index is 13.0. The minimum atomic E-state index is -0.166. The predicted molar refractivity (Wildman–Crippen MR) is 99.8 cm³/mol. The summed E-state index contributed by atoms with van der Waals surface area (Å²) in [6.45, 7) is 2.95.